The lowest BCUT2D eigenvalue weighted by Gasteiger charge is -2.34. The normalized spacial score (nSPS) is 16.9. The zero-order chi connectivity index (χ0) is 21.1. The predicted molar refractivity (Wildman–Crippen MR) is 112 cm³/mol. The fourth-order valence-electron chi connectivity index (χ4n) is 3.96. The van der Waals surface area contributed by atoms with Crippen molar-refractivity contribution in [3.05, 3.63) is 41.5 Å². The molecule has 0 bridgehead atoms. The Morgan fingerprint density at radius 3 is 2.83 bits per heavy atom. The molecule has 0 spiro atoms. The number of rotatable bonds is 6. The highest BCUT2D eigenvalue weighted by atomic mass is 16.5. The molecule has 2 aliphatic heterocycles. The molecule has 4 heterocycles. The van der Waals surface area contributed by atoms with Crippen LogP contribution in [0.1, 0.15) is 41.6 Å². The molecular weight excluding hydrogens is 384 g/mol. The van der Waals surface area contributed by atoms with Crippen LogP contribution in [0.25, 0.3) is 0 Å². The van der Waals surface area contributed by atoms with E-state index in [1.807, 2.05) is 26.0 Å². The molecule has 2 aliphatic rings. The van der Waals surface area contributed by atoms with Crippen molar-refractivity contribution in [2.45, 2.75) is 33.2 Å². The maximum Gasteiger partial charge on any atom is 0.255 e. The van der Waals surface area contributed by atoms with Crippen LogP contribution in [0.3, 0.4) is 0 Å². The Hall–Kier alpha value is -2.87. The largest absolute Gasteiger partial charge is 0.464 e. The second-order valence-corrected chi connectivity index (χ2v) is 7.84. The van der Waals surface area contributed by atoms with Gasteiger partial charge in [0.05, 0.1) is 24.3 Å². The van der Waals surface area contributed by atoms with E-state index in [1.54, 1.807) is 22.1 Å². The number of ether oxygens (including phenoxy) is 1. The number of aryl methyl sites for hydroxylation is 1. The van der Waals surface area contributed by atoms with E-state index in [9.17, 15) is 9.59 Å². The second kappa shape index (κ2) is 8.87. The van der Waals surface area contributed by atoms with Gasteiger partial charge in [-0.3, -0.25) is 9.59 Å². The zero-order valence-corrected chi connectivity index (χ0v) is 17.5. The molecule has 2 amide bonds. The van der Waals surface area contributed by atoms with Crippen molar-refractivity contribution in [3.63, 3.8) is 0 Å². The molecule has 0 atom stereocenters. The Kier molecular flexibility index (Phi) is 6.03. The highest BCUT2D eigenvalue weighted by Crippen LogP contribution is 2.31. The zero-order valence-electron chi connectivity index (χ0n) is 17.5. The smallest absolute Gasteiger partial charge is 0.255 e. The van der Waals surface area contributed by atoms with Crippen LogP contribution in [0.2, 0.25) is 0 Å². The molecule has 0 unspecified atom stereocenters. The summed E-state index contributed by atoms with van der Waals surface area (Å²) >= 11 is 0. The summed E-state index contributed by atoms with van der Waals surface area (Å²) in [6.07, 6.45) is 3.45. The minimum atomic E-state index is -0.133. The average Bonchev–Trinajstić information content (AvgIpc) is 3.18. The van der Waals surface area contributed by atoms with Crippen LogP contribution in [0.5, 0.6) is 0 Å². The number of carbonyl (C=O) groups is 2. The summed E-state index contributed by atoms with van der Waals surface area (Å²) < 4.78 is 11.1. The monoisotopic (exact) mass is 412 g/mol. The van der Waals surface area contributed by atoms with Crippen LogP contribution in [0.4, 0.5) is 11.5 Å². The third-order valence-electron chi connectivity index (χ3n) is 5.71. The number of hydrogen-bond acceptors (Lipinski definition) is 6. The van der Waals surface area contributed by atoms with E-state index in [4.69, 9.17) is 9.15 Å². The van der Waals surface area contributed by atoms with Crippen molar-refractivity contribution in [1.82, 2.24) is 9.88 Å². The number of aromatic nitrogens is 1. The fourth-order valence-corrected chi connectivity index (χ4v) is 3.96. The summed E-state index contributed by atoms with van der Waals surface area (Å²) in [4.78, 5) is 33.7. The molecule has 2 aromatic heterocycles. The van der Waals surface area contributed by atoms with Gasteiger partial charge in [-0.25, -0.2) is 4.98 Å². The van der Waals surface area contributed by atoms with Crippen LogP contribution in [0, 0.1) is 12.8 Å². The number of nitrogens with one attached hydrogen (secondary N) is 1. The molecular formula is C22H28N4O4. The molecule has 0 aromatic carbocycles. The SMILES string of the molecule is CCN(Cc1ccc(C)o1)C(=O)c1cnc2c(c1)N(CC1CCOCC1)C(=O)CN2. The first-order valence-electron chi connectivity index (χ1n) is 10.5. The number of furan rings is 1. The Labute approximate surface area is 176 Å². The average molecular weight is 412 g/mol. The van der Waals surface area contributed by atoms with E-state index in [2.05, 4.69) is 10.3 Å². The van der Waals surface area contributed by atoms with Crippen LogP contribution in [-0.2, 0) is 16.1 Å². The van der Waals surface area contributed by atoms with Gasteiger partial charge in [-0.2, -0.15) is 0 Å². The van der Waals surface area contributed by atoms with Gasteiger partial charge >= 0.3 is 0 Å². The number of carbonyl (C=O) groups excluding carboxylic acids is 2. The van der Waals surface area contributed by atoms with Gasteiger partial charge in [0.1, 0.15) is 17.3 Å². The first-order chi connectivity index (χ1) is 14.5. The van der Waals surface area contributed by atoms with Crippen LogP contribution < -0.4 is 10.2 Å². The van der Waals surface area contributed by atoms with Crippen molar-refractivity contribution in [3.8, 4) is 0 Å². The predicted octanol–water partition coefficient (Wildman–Crippen LogP) is 2.83. The van der Waals surface area contributed by atoms with Crippen molar-refractivity contribution in [2.24, 2.45) is 5.92 Å². The maximum absolute atomic E-state index is 13.2. The molecule has 0 saturated carbocycles. The van der Waals surface area contributed by atoms with Crippen molar-refractivity contribution in [2.75, 3.05) is 43.1 Å². The lowest BCUT2D eigenvalue weighted by atomic mass is 9.99. The standard InChI is InChI=1S/C22H28N4O4/c1-3-25(14-18-5-4-15(2)30-18)22(28)17-10-19-21(23-11-17)24-12-20(27)26(19)13-16-6-8-29-9-7-16/h4-5,10-11,16H,3,6-9,12-14H2,1-2H3,(H,23,24). The minimum absolute atomic E-state index is 0.00111. The quantitative estimate of drug-likeness (QED) is 0.785. The number of hydrogen-bond donors (Lipinski definition) is 1. The summed E-state index contributed by atoms with van der Waals surface area (Å²) in [5.41, 5.74) is 1.14. The van der Waals surface area contributed by atoms with Gasteiger partial charge in [0.25, 0.3) is 5.91 Å². The first kappa shape index (κ1) is 20.4. The number of anilines is 2. The highest BCUT2D eigenvalue weighted by Gasteiger charge is 2.29. The van der Waals surface area contributed by atoms with Gasteiger partial charge < -0.3 is 24.3 Å². The van der Waals surface area contributed by atoms with Gasteiger partial charge in [-0.1, -0.05) is 0 Å². The maximum atomic E-state index is 13.2. The van der Waals surface area contributed by atoms with E-state index in [-0.39, 0.29) is 18.4 Å². The van der Waals surface area contributed by atoms with Gasteiger partial charge in [0, 0.05) is 32.5 Å². The molecule has 1 saturated heterocycles. The molecule has 4 rings (SSSR count). The van der Waals surface area contributed by atoms with E-state index < -0.39 is 0 Å². The molecule has 160 valence electrons. The minimum Gasteiger partial charge on any atom is -0.464 e. The van der Waals surface area contributed by atoms with Gasteiger partial charge in [-0.05, 0) is 50.8 Å². The molecule has 8 nitrogen and oxygen atoms in total. The fraction of sp³-hybridized carbons (Fsp3) is 0.500. The third-order valence-corrected chi connectivity index (χ3v) is 5.71. The lowest BCUT2D eigenvalue weighted by Crippen LogP contribution is -2.44. The number of fused-ring (bicyclic) bond motifs is 1. The molecule has 8 heteroatoms. The Bertz CT molecular complexity index is 920. The van der Waals surface area contributed by atoms with E-state index in [0.29, 0.717) is 42.6 Å². The number of pyridine rings is 1. The molecule has 30 heavy (non-hydrogen) atoms. The Morgan fingerprint density at radius 2 is 2.13 bits per heavy atom. The summed E-state index contributed by atoms with van der Waals surface area (Å²) in [6, 6.07) is 5.55. The highest BCUT2D eigenvalue weighted by molar-refractivity contribution is 6.04. The van der Waals surface area contributed by atoms with Gasteiger partial charge in [0.15, 0.2) is 0 Å². The van der Waals surface area contributed by atoms with Crippen molar-refractivity contribution < 1.29 is 18.7 Å². The second-order valence-electron chi connectivity index (χ2n) is 7.84. The molecule has 1 N–H and O–H groups in total. The summed E-state index contributed by atoms with van der Waals surface area (Å²) in [7, 11) is 0. The topological polar surface area (TPSA) is 87.9 Å². The van der Waals surface area contributed by atoms with E-state index in [1.165, 1.54) is 0 Å². The molecule has 1 fully saturated rings. The summed E-state index contributed by atoms with van der Waals surface area (Å²) in [5.74, 6) is 2.46. The first-order valence-corrected chi connectivity index (χ1v) is 10.5. The lowest BCUT2D eigenvalue weighted by molar-refractivity contribution is -0.117. The van der Waals surface area contributed by atoms with E-state index in [0.717, 1.165) is 37.6 Å². The van der Waals surface area contributed by atoms with E-state index >= 15 is 0 Å². The van der Waals surface area contributed by atoms with Crippen LogP contribution >= 0.6 is 0 Å². The summed E-state index contributed by atoms with van der Waals surface area (Å²) in [6.45, 7) is 7.05. The Balaban J connectivity index is 1.56. The number of nitrogens with zero attached hydrogens (tertiary/aromatic N) is 3. The molecule has 0 radical (unpaired) electrons. The van der Waals surface area contributed by atoms with Crippen molar-refractivity contribution >= 4 is 23.3 Å². The van der Waals surface area contributed by atoms with Gasteiger partial charge in [-0.15, -0.1) is 0 Å². The third kappa shape index (κ3) is 4.33. The molecule has 0 aliphatic carbocycles. The summed E-state index contributed by atoms with van der Waals surface area (Å²) in [5, 5.41) is 3.06. The number of amides is 2. The van der Waals surface area contributed by atoms with Crippen LogP contribution in [-0.4, -0.2) is 54.5 Å². The Morgan fingerprint density at radius 1 is 1.33 bits per heavy atom. The van der Waals surface area contributed by atoms with Crippen molar-refractivity contribution in [1.29, 1.82) is 0 Å². The molecule has 2 aromatic rings. The van der Waals surface area contributed by atoms with Crippen LogP contribution in [0.15, 0.2) is 28.8 Å². The van der Waals surface area contributed by atoms with Gasteiger partial charge in [0.2, 0.25) is 5.91 Å².